The Balaban J connectivity index is 1.85. The zero-order valence-corrected chi connectivity index (χ0v) is 21.2. The summed E-state index contributed by atoms with van der Waals surface area (Å²) in [5.41, 5.74) is 5.67. The summed E-state index contributed by atoms with van der Waals surface area (Å²) in [6.07, 6.45) is 0.304. The number of benzene rings is 3. The van der Waals surface area contributed by atoms with Crippen molar-refractivity contribution < 1.29 is 9.59 Å². The maximum absolute atomic E-state index is 13.9. The summed E-state index contributed by atoms with van der Waals surface area (Å²) < 4.78 is 1.48. The molecule has 1 aromatic heterocycles. The molecule has 7 nitrogen and oxygen atoms in total. The van der Waals surface area contributed by atoms with Gasteiger partial charge < -0.3 is 10.6 Å². The molecule has 4 rings (SSSR count). The van der Waals surface area contributed by atoms with Gasteiger partial charge in [0, 0.05) is 17.7 Å². The number of aryl methyl sites for hydroxylation is 3. The Morgan fingerprint density at radius 1 is 0.944 bits per heavy atom. The van der Waals surface area contributed by atoms with Crippen LogP contribution in [0.3, 0.4) is 0 Å². The molecule has 0 radical (unpaired) electrons. The van der Waals surface area contributed by atoms with Gasteiger partial charge >= 0.3 is 0 Å². The van der Waals surface area contributed by atoms with Crippen molar-refractivity contribution in [2.45, 2.75) is 47.1 Å². The van der Waals surface area contributed by atoms with Crippen molar-refractivity contribution in [3.8, 4) is 11.3 Å². The second kappa shape index (κ2) is 10.2. The van der Waals surface area contributed by atoms with E-state index in [0.29, 0.717) is 28.7 Å². The van der Waals surface area contributed by atoms with Crippen molar-refractivity contribution in [1.29, 1.82) is 0 Å². The summed E-state index contributed by atoms with van der Waals surface area (Å²) in [5.74, 6) is -0.470. The van der Waals surface area contributed by atoms with Crippen molar-refractivity contribution in [3.05, 3.63) is 87.7 Å². The molecule has 0 saturated heterocycles. The average molecular weight is 483 g/mol. The molecule has 4 aromatic rings. The molecule has 1 heterocycles. The summed E-state index contributed by atoms with van der Waals surface area (Å²) in [6.45, 7) is 9.38. The SMILES string of the molecule is CCC(=O)Nc1ccccc1-c1nc2ccccc2n([C@H](C)C(=O)Nc2c(C)cc(C)cc2C)c1=O. The number of nitrogens with zero attached hydrogens (tertiary/aromatic N) is 2. The van der Waals surface area contributed by atoms with Gasteiger partial charge in [0.15, 0.2) is 0 Å². The van der Waals surface area contributed by atoms with Crippen LogP contribution in [0.15, 0.2) is 65.5 Å². The topological polar surface area (TPSA) is 93.1 Å². The monoisotopic (exact) mass is 482 g/mol. The summed E-state index contributed by atoms with van der Waals surface area (Å²) in [5, 5.41) is 5.87. The van der Waals surface area contributed by atoms with Crippen LogP contribution in [0.4, 0.5) is 11.4 Å². The Bertz CT molecular complexity index is 1510. The number of anilines is 2. The highest BCUT2D eigenvalue weighted by Gasteiger charge is 2.24. The molecule has 0 aliphatic carbocycles. The van der Waals surface area contributed by atoms with Crippen LogP contribution in [-0.4, -0.2) is 21.4 Å². The van der Waals surface area contributed by atoms with Gasteiger partial charge in [0.1, 0.15) is 11.7 Å². The van der Waals surface area contributed by atoms with Crippen LogP contribution in [0.5, 0.6) is 0 Å². The largest absolute Gasteiger partial charge is 0.325 e. The first-order chi connectivity index (χ1) is 17.2. The molecule has 0 spiro atoms. The molecule has 1 atom stereocenters. The maximum Gasteiger partial charge on any atom is 0.278 e. The van der Waals surface area contributed by atoms with Gasteiger partial charge in [0.25, 0.3) is 5.56 Å². The third-order valence-electron chi connectivity index (χ3n) is 6.26. The van der Waals surface area contributed by atoms with Crippen molar-refractivity contribution in [1.82, 2.24) is 9.55 Å². The quantitative estimate of drug-likeness (QED) is 0.378. The molecule has 3 aromatic carbocycles. The Labute approximate surface area is 210 Å². The lowest BCUT2D eigenvalue weighted by Crippen LogP contribution is -2.33. The first-order valence-electron chi connectivity index (χ1n) is 12.0. The first-order valence-corrected chi connectivity index (χ1v) is 12.0. The number of amides is 2. The van der Waals surface area contributed by atoms with Gasteiger partial charge in [-0.25, -0.2) is 4.98 Å². The fraction of sp³-hybridized carbons (Fsp3) is 0.241. The molecule has 184 valence electrons. The number of rotatable bonds is 6. The fourth-order valence-corrected chi connectivity index (χ4v) is 4.47. The van der Waals surface area contributed by atoms with E-state index in [9.17, 15) is 14.4 Å². The standard InChI is InChI=1S/C29H30N4O3/c1-6-25(34)30-22-12-8-7-11-21(22)27-29(36)33(24-14-10-9-13-23(24)31-27)20(5)28(35)32-26-18(3)15-17(2)16-19(26)4/h7-16,20H,6H2,1-5H3,(H,30,34)(H,32,35)/t20-/m1/s1. The summed E-state index contributed by atoms with van der Waals surface area (Å²) >= 11 is 0. The zero-order valence-electron chi connectivity index (χ0n) is 21.2. The van der Waals surface area contributed by atoms with Crippen LogP contribution in [-0.2, 0) is 9.59 Å². The van der Waals surface area contributed by atoms with Crippen LogP contribution in [0, 0.1) is 20.8 Å². The molecule has 0 fully saturated rings. The molecule has 0 unspecified atom stereocenters. The van der Waals surface area contributed by atoms with E-state index in [1.54, 1.807) is 50.2 Å². The second-order valence-electron chi connectivity index (χ2n) is 9.01. The van der Waals surface area contributed by atoms with Gasteiger partial charge in [-0.15, -0.1) is 0 Å². The molecule has 2 amide bonds. The Kier molecular flexibility index (Phi) is 7.01. The summed E-state index contributed by atoms with van der Waals surface area (Å²) in [4.78, 5) is 44.1. The predicted molar refractivity (Wildman–Crippen MR) is 144 cm³/mol. The fourth-order valence-electron chi connectivity index (χ4n) is 4.47. The van der Waals surface area contributed by atoms with Crippen LogP contribution in [0.2, 0.25) is 0 Å². The lowest BCUT2D eigenvalue weighted by Gasteiger charge is -2.21. The highest BCUT2D eigenvalue weighted by molar-refractivity contribution is 5.97. The normalized spacial score (nSPS) is 11.8. The zero-order chi connectivity index (χ0) is 26.0. The molecule has 0 aliphatic heterocycles. The van der Waals surface area contributed by atoms with Gasteiger partial charge in [-0.2, -0.15) is 0 Å². The molecular weight excluding hydrogens is 452 g/mol. The third-order valence-corrected chi connectivity index (χ3v) is 6.26. The molecular formula is C29H30N4O3. The van der Waals surface area contributed by atoms with E-state index >= 15 is 0 Å². The number of fused-ring (bicyclic) bond motifs is 1. The predicted octanol–water partition coefficient (Wildman–Crippen LogP) is 5.54. The highest BCUT2D eigenvalue weighted by atomic mass is 16.2. The summed E-state index contributed by atoms with van der Waals surface area (Å²) in [7, 11) is 0. The van der Waals surface area contributed by atoms with Crippen molar-refractivity contribution >= 4 is 34.2 Å². The van der Waals surface area contributed by atoms with Gasteiger partial charge in [0.05, 0.1) is 16.7 Å². The minimum Gasteiger partial charge on any atom is -0.325 e. The van der Waals surface area contributed by atoms with Gasteiger partial charge in [-0.05, 0) is 57.0 Å². The number of carbonyl (C=O) groups is 2. The molecule has 36 heavy (non-hydrogen) atoms. The van der Waals surface area contributed by atoms with E-state index in [1.807, 2.05) is 45.0 Å². The van der Waals surface area contributed by atoms with Gasteiger partial charge in [-0.1, -0.05) is 55.0 Å². The highest BCUT2D eigenvalue weighted by Crippen LogP contribution is 2.28. The van der Waals surface area contributed by atoms with E-state index in [0.717, 1.165) is 22.4 Å². The summed E-state index contributed by atoms with van der Waals surface area (Å²) in [6, 6.07) is 17.5. The minimum absolute atomic E-state index is 0.167. The molecule has 0 saturated carbocycles. The van der Waals surface area contributed by atoms with Crippen LogP contribution in [0.1, 0.15) is 43.0 Å². The number of hydrogen-bond acceptors (Lipinski definition) is 4. The average Bonchev–Trinajstić information content (AvgIpc) is 2.85. The van der Waals surface area contributed by atoms with Crippen LogP contribution >= 0.6 is 0 Å². The first kappa shape index (κ1) is 24.9. The van der Waals surface area contributed by atoms with E-state index in [2.05, 4.69) is 15.6 Å². The van der Waals surface area contributed by atoms with Crippen molar-refractivity contribution in [3.63, 3.8) is 0 Å². The maximum atomic E-state index is 13.9. The van der Waals surface area contributed by atoms with Gasteiger partial charge in [0.2, 0.25) is 11.8 Å². The smallest absolute Gasteiger partial charge is 0.278 e. The second-order valence-corrected chi connectivity index (χ2v) is 9.01. The van der Waals surface area contributed by atoms with Crippen molar-refractivity contribution in [2.75, 3.05) is 10.6 Å². The number of hydrogen-bond donors (Lipinski definition) is 2. The Morgan fingerprint density at radius 2 is 1.58 bits per heavy atom. The number of para-hydroxylation sites is 3. The van der Waals surface area contributed by atoms with E-state index < -0.39 is 11.6 Å². The number of nitrogens with one attached hydrogen (secondary N) is 2. The number of carbonyl (C=O) groups excluding carboxylic acids is 2. The van der Waals surface area contributed by atoms with E-state index in [4.69, 9.17) is 0 Å². The molecule has 0 aliphatic rings. The molecule has 2 N–H and O–H groups in total. The minimum atomic E-state index is -0.818. The van der Waals surface area contributed by atoms with Crippen molar-refractivity contribution in [2.24, 2.45) is 0 Å². The molecule has 7 heteroatoms. The lowest BCUT2D eigenvalue weighted by atomic mass is 10.0. The van der Waals surface area contributed by atoms with E-state index in [-0.39, 0.29) is 17.5 Å². The lowest BCUT2D eigenvalue weighted by molar-refractivity contribution is -0.119. The van der Waals surface area contributed by atoms with E-state index in [1.165, 1.54) is 4.57 Å². The van der Waals surface area contributed by atoms with Crippen LogP contribution < -0.4 is 16.2 Å². The Hall–Kier alpha value is -4.26. The van der Waals surface area contributed by atoms with Crippen LogP contribution in [0.25, 0.3) is 22.3 Å². The third kappa shape index (κ3) is 4.77. The Morgan fingerprint density at radius 3 is 2.28 bits per heavy atom. The van der Waals surface area contributed by atoms with Gasteiger partial charge in [-0.3, -0.25) is 19.0 Å². The number of aromatic nitrogens is 2. The molecule has 0 bridgehead atoms.